The normalized spacial score (nSPS) is 10.4. The van der Waals surface area contributed by atoms with Gasteiger partial charge < -0.3 is 10.1 Å². The second-order valence-electron chi connectivity index (χ2n) is 4.75. The first-order valence-corrected chi connectivity index (χ1v) is 7.51. The van der Waals surface area contributed by atoms with E-state index in [0.717, 1.165) is 32.1 Å². The molecule has 0 fully saturated rings. The number of nitrogens with one attached hydrogen (secondary N) is 1. The maximum absolute atomic E-state index is 6.17. The fourth-order valence-electron chi connectivity index (χ4n) is 2.02. The highest BCUT2D eigenvalue weighted by atomic mass is 79.9. The molecule has 0 aliphatic carbocycles. The average molecular weight is 355 g/mol. The van der Waals surface area contributed by atoms with Crippen molar-refractivity contribution in [3.05, 3.63) is 56.5 Å². The monoisotopic (exact) mass is 353 g/mol. The quantitative estimate of drug-likeness (QED) is 0.800. The predicted molar refractivity (Wildman–Crippen MR) is 88.9 cm³/mol. The van der Waals surface area contributed by atoms with Crippen LogP contribution in [-0.2, 0) is 6.54 Å². The van der Waals surface area contributed by atoms with E-state index < -0.39 is 0 Å². The molecule has 20 heavy (non-hydrogen) atoms. The van der Waals surface area contributed by atoms with E-state index in [4.69, 9.17) is 16.3 Å². The molecule has 0 aliphatic rings. The van der Waals surface area contributed by atoms with Crippen LogP contribution in [0.25, 0.3) is 0 Å². The predicted octanol–water partition coefficient (Wildman–Crippen LogP) is 5.34. The molecule has 2 aromatic carbocycles. The van der Waals surface area contributed by atoms with E-state index in [2.05, 4.69) is 34.2 Å². The Bertz CT molecular complexity index is 628. The zero-order valence-electron chi connectivity index (χ0n) is 11.8. The van der Waals surface area contributed by atoms with Gasteiger partial charge in [-0.15, -0.1) is 0 Å². The number of ether oxygens (including phenoxy) is 1. The van der Waals surface area contributed by atoms with Gasteiger partial charge in [-0.1, -0.05) is 29.3 Å². The average Bonchev–Trinajstić information content (AvgIpc) is 2.41. The van der Waals surface area contributed by atoms with Crippen LogP contribution in [0.5, 0.6) is 5.75 Å². The van der Waals surface area contributed by atoms with E-state index in [0.29, 0.717) is 6.54 Å². The Kier molecular flexibility index (Phi) is 4.95. The molecule has 1 N–H and O–H groups in total. The molecule has 2 aromatic rings. The molecule has 2 rings (SSSR count). The molecule has 2 nitrogen and oxygen atoms in total. The highest BCUT2D eigenvalue weighted by Crippen LogP contribution is 2.30. The summed E-state index contributed by atoms with van der Waals surface area (Å²) >= 11 is 9.72. The maximum Gasteiger partial charge on any atom is 0.123 e. The van der Waals surface area contributed by atoms with Crippen LogP contribution in [-0.4, -0.2) is 7.11 Å². The van der Waals surface area contributed by atoms with Gasteiger partial charge >= 0.3 is 0 Å². The van der Waals surface area contributed by atoms with Gasteiger partial charge in [-0.25, -0.2) is 0 Å². The third-order valence-corrected chi connectivity index (χ3v) is 4.22. The van der Waals surface area contributed by atoms with Crippen LogP contribution in [0.2, 0.25) is 5.02 Å². The van der Waals surface area contributed by atoms with Gasteiger partial charge in [0.1, 0.15) is 5.75 Å². The molecule has 0 aromatic heterocycles. The summed E-state index contributed by atoms with van der Waals surface area (Å²) in [4.78, 5) is 0. The first-order chi connectivity index (χ1) is 9.51. The fraction of sp³-hybridized carbons (Fsp3) is 0.250. The minimum Gasteiger partial charge on any atom is -0.496 e. The van der Waals surface area contributed by atoms with E-state index in [1.807, 2.05) is 31.2 Å². The number of anilines is 1. The molecule has 0 saturated carbocycles. The molecular weight excluding hydrogens is 338 g/mol. The molecule has 0 unspecified atom stereocenters. The molecular formula is C16H17BrClNO. The lowest BCUT2D eigenvalue weighted by Crippen LogP contribution is -2.03. The Morgan fingerprint density at radius 1 is 1.20 bits per heavy atom. The van der Waals surface area contributed by atoms with Crippen LogP contribution < -0.4 is 10.1 Å². The lowest BCUT2D eigenvalue weighted by Gasteiger charge is -2.13. The van der Waals surface area contributed by atoms with E-state index in [-0.39, 0.29) is 0 Å². The third-order valence-electron chi connectivity index (χ3n) is 3.15. The molecule has 4 heteroatoms. The smallest absolute Gasteiger partial charge is 0.123 e. The van der Waals surface area contributed by atoms with Gasteiger partial charge in [0.25, 0.3) is 0 Å². The minimum atomic E-state index is 0.683. The number of halogens is 2. The van der Waals surface area contributed by atoms with Crippen molar-refractivity contribution < 1.29 is 4.74 Å². The SMILES string of the molecule is COc1ccc(C)cc1CNc1cc(Cl)c(C)cc1Br. The van der Waals surface area contributed by atoms with Crippen molar-refractivity contribution in [2.24, 2.45) is 0 Å². The highest BCUT2D eigenvalue weighted by molar-refractivity contribution is 9.10. The van der Waals surface area contributed by atoms with Crippen LogP contribution >= 0.6 is 27.5 Å². The molecule has 0 spiro atoms. The van der Waals surface area contributed by atoms with E-state index in [1.54, 1.807) is 7.11 Å². The van der Waals surface area contributed by atoms with Gasteiger partial charge in [0.2, 0.25) is 0 Å². The summed E-state index contributed by atoms with van der Waals surface area (Å²) in [7, 11) is 1.69. The van der Waals surface area contributed by atoms with Crippen molar-refractivity contribution in [1.29, 1.82) is 0 Å². The molecule has 0 radical (unpaired) electrons. The van der Waals surface area contributed by atoms with Gasteiger partial charge in [0, 0.05) is 21.6 Å². The highest BCUT2D eigenvalue weighted by Gasteiger charge is 2.07. The molecule has 0 atom stereocenters. The number of aryl methyl sites for hydroxylation is 2. The van der Waals surface area contributed by atoms with E-state index in [9.17, 15) is 0 Å². The van der Waals surface area contributed by atoms with Gasteiger partial charge in [0.15, 0.2) is 0 Å². The Morgan fingerprint density at radius 2 is 1.95 bits per heavy atom. The second kappa shape index (κ2) is 6.51. The summed E-state index contributed by atoms with van der Waals surface area (Å²) in [5.41, 5.74) is 4.36. The van der Waals surface area contributed by atoms with E-state index >= 15 is 0 Å². The lowest BCUT2D eigenvalue weighted by molar-refractivity contribution is 0.410. The third kappa shape index (κ3) is 3.47. The van der Waals surface area contributed by atoms with Gasteiger partial charge in [-0.3, -0.25) is 0 Å². The van der Waals surface area contributed by atoms with E-state index in [1.165, 1.54) is 5.56 Å². The number of hydrogen-bond donors (Lipinski definition) is 1. The molecule has 0 saturated heterocycles. The second-order valence-corrected chi connectivity index (χ2v) is 6.01. The number of hydrogen-bond acceptors (Lipinski definition) is 2. The van der Waals surface area contributed by atoms with Crippen molar-refractivity contribution in [3.8, 4) is 5.75 Å². The first kappa shape index (κ1) is 15.2. The fourth-order valence-corrected chi connectivity index (χ4v) is 2.78. The van der Waals surface area contributed by atoms with Crippen molar-refractivity contribution in [2.75, 3.05) is 12.4 Å². The Morgan fingerprint density at radius 3 is 2.65 bits per heavy atom. The summed E-state index contributed by atoms with van der Waals surface area (Å²) in [5.74, 6) is 0.887. The van der Waals surface area contributed by atoms with Crippen molar-refractivity contribution in [1.82, 2.24) is 0 Å². The lowest BCUT2D eigenvalue weighted by atomic mass is 10.1. The summed E-state index contributed by atoms with van der Waals surface area (Å²) in [6, 6.07) is 10.1. The van der Waals surface area contributed by atoms with Gasteiger partial charge in [-0.2, -0.15) is 0 Å². The Labute approximate surface area is 133 Å². The summed E-state index contributed by atoms with van der Waals surface area (Å²) in [5, 5.41) is 4.14. The van der Waals surface area contributed by atoms with Crippen LogP contribution in [0, 0.1) is 13.8 Å². The Balaban J connectivity index is 2.21. The van der Waals surface area contributed by atoms with Crippen molar-refractivity contribution >= 4 is 33.2 Å². The van der Waals surface area contributed by atoms with Crippen LogP contribution in [0.15, 0.2) is 34.8 Å². The standard InChI is InChI=1S/C16H17BrClNO/c1-10-4-5-16(20-3)12(6-10)9-19-15-8-14(18)11(2)7-13(15)17/h4-8,19H,9H2,1-3H3. The molecule has 0 aliphatic heterocycles. The number of methoxy groups -OCH3 is 1. The first-order valence-electron chi connectivity index (χ1n) is 6.34. The van der Waals surface area contributed by atoms with Crippen molar-refractivity contribution in [3.63, 3.8) is 0 Å². The molecule has 106 valence electrons. The minimum absolute atomic E-state index is 0.683. The topological polar surface area (TPSA) is 21.3 Å². The number of rotatable bonds is 4. The number of benzene rings is 2. The molecule has 0 bridgehead atoms. The van der Waals surface area contributed by atoms with Crippen LogP contribution in [0.3, 0.4) is 0 Å². The summed E-state index contributed by atoms with van der Waals surface area (Å²) in [6.45, 7) is 4.74. The molecule has 0 heterocycles. The van der Waals surface area contributed by atoms with Crippen molar-refractivity contribution in [2.45, 2.75) is 20.4 Å². The molecule has 0 amide bonds. The van der Waals surface area contributed by atoms with Crippen LogP contribution in [0.1, 0.15) is 16.7 Å². The largest absolute Gasteiger partial charge is 0.496 e. The summed E-state index contributed by atoms with van der Waals surface area (Å²) < 4.78 is 6.39. The Hall–Kier alpha value is -1.19. The van der Waals surface area contributed by atoms with Gasteiger partial charge in [-0.05, 0) is 53.5 Å². The maximum atomic E-state index is 6.17. The zero-order chi connectivity index (χ0) is 14.7. The van der Waals surface area contributed by atoms with Gasteiger partial charge in [0.05, 0.1) is 12.8 Å². The van der Waals surface area contributed by atoms with Crippen LogP contribution in [0.4, 0.5) is 5.69 Å². The summed E-state index contributed by atoms with van der Waals surface area (Å²) in [6.07, 6.45) is 0. The zero-order valence-corrected chi connectivity index (χ0v) is 14.1.